The molecule has 0 amide bonds. The summed E-state index contributed by atoms with van der Waals surface area (Å²) in [6, 6.07) is 5.95. The van der Waals surface area contributed by atoms with Crippen molar-refractivity contribution in [3.05, 3.63) is 18.2 Å². The van der Waals surface area contributed by atoms with Crippen molar-refractivity contribution >= 4 is 22.2 Å². The highest BCUT2D eigenvalue weighted by Crippen LogP contribution is 2.33. The van der Waals surface area contributed by atoms with Crippen LogP contribution in [0.15, 0.2) is 18.2 Å². The minimum atomic E-state index is -1.06. The smallest absolute Gasteiger partial charge is 0.175 e. The third-order valence-corrected chi connectivity index (χ3v) is 6.54. The first-order valence-corrected chi connectivity index (χ1v) is 9.76. The first-order chi connectivity index (χ1) is 11.5. The van der Waals surface area contributed by atoms with Gasteiger partial charge in [0.2, 0.25) is 0 Å². The van der Waals surface area contributed by atoms with E-state index in [9.17, 15) is 4.21 Å². The molecule has 3 N–H and O–H groups in total. The minimum Gasteiger partial charge on any atom is -0.497 e. The van der Waals surface area contributed by atoms with Gasteiger partial charge in [-0.25, -0.2) is 0 Å². The Hall–Kier alpha value is -1.31. The van der Waals surface area contributed by atoms with Crippen LogP contribution in [0.1, 0.15) is 13.8 Å². The van der Waals surface area contributed by atoms with Gasteiger partial charge in [-0.2, -0.15) is 0 Å². The molecule has 134 valence electrons. The molecule has 0 aliphatic carbocycles. The van der Waals surface area contributed by atoms with E-state index in [2.05, 4.69) is 29.8 Å². The molecule has 2 aliphatic heterocycles. The number of fused-ring (bicyclic) bond motifs is 1. The van der Waals surface area contributed by atoms with Crippen LogP contribution in [-0.2, 0) is 15.5 Å². The second-order valence-corrected chi connectivity index (χ2v) is 8.25. The van der Waals surface area contributed by atoms with Crippen LogP contribution in [0, 0.1) is 11.8 Å². The van der Waals surface area contributed by atoms with Crippen LogP contribution in [0.5, 0.6) is 5.75 Å². The van der Waals surface area contributed by atoms with Gasteiger partial charge in [0.05, 0.1) is 35.4 Å². The lowest BCUT2D eigenvalue weighted by molar-refractivity contribution is -0.0136. The largest absolute Gasteiger partial charge is 0.497 e. The molecule has 24 heavy (non-hydrogen) atoms. The second kappa shape index (κ2) is 7.29. The normalized spacial score (nSPS) is 33.2. The van der Waals surface area contributed by atoms with Gasteiger partial charge < -0.3 is 25.4 Å². The predicted octanol–water partition coefficient (Wildman–Crippen LogP) is 1.82. The second-order valence-electron chi connectivity index (χ2n) is 6.68. The Balaban J connectivity index is 1.62. The summed E-state index contributed by atoms with van der Waals surface area (Å²) in [6.45, 7) is 5.26. The van der Waals surface area contributed by atoms with Gasteiger partial charge in [0.1, 0.15) is 5.75 Å². The summed E-state index contributed by atoms with van der Waals surface area (Å²) in [6.07, 6.45) is 0.208. The van der Waals surface area contributed by atoms with Gasteiger partial charge in [-0.15, -0.1) is 0 Å². The van der Waals surface area contributed by atoms with E-state index in [1.54, 1.807) is 14.2 Å². The minimum absolute atomic E-state index is 0.189. The molecule has 1 saturated heterocycles. The van der Waals surface area contributed by atoms with Gasteiger partial charge >= 0.3 is 0 Å². The molecule has 2 heterocycles. The Morgan fingerprint density at radius 3 is 2.67 bits per heavy atom. The van der Waals surface area contributed by atoms with E-state index in [4.69, 9.17) is 9.47 Å². The maximum absolute atomic E-state index is 12.8. The van der Waals surface area contributed by atoms with Crippen LogP contribution in [0.4, 0.5) is 11.4 Å². The predicted molar refractivity (Wildman–Crippen MR) is 98.0 cm³/mol. The first kappa shape index (κ1) is 17.5. The van der Waals surface area contributed by atoms with E-state index < -0.39 is 10.8 Å². The molecule has 0 bridgehead atoms. The summed E-state index contributed by atoms with van der Waals surface area (Å²) in [7, 11) is 2.35. The molecule has 0 spiro atoms. The highest BCUT2D eigenvalue weighted by atomic mass is 32.2. The van der Waals surface area contributed by atoms with Crippen molar-refractivity contribution in [3.63, 3.8) is 0 Å². The number of nitrogens with one attached hydrogen (secondary N) is 3. The highest BCUT2D eigenvalue weighted by Gasteiger charge is 2.37. The molecule has 6 atom stereocenters. The fraction of sp³-hybridized carbons (Fsp3) is 0.647. The van der Waals surface area contributed by atoms with Gasteiger partial charge in [-0.1, -0.05) is 13.8 Å². The van der Waals surface area contributed by atoms with E-state index in [1.165, 1.54) is 0 Å². The third kappa shape index (κ3) is 3.38. The fourth-order valence-electron chi connectivity index (χ4n) is 3.66. The lowest BCUT2D eigenvalue weighted by atomic mass is 9.84. The molecule has 6 unspecified atom stereocenters. The third-order valence-electron chi connectivity index (χ3n) is 5.09. The number of rotatable bonds is 5. The number of hydrogen-bond donors (Lipinski definition) is 3. The van der Waals surface area contributed by atoms with Gasteiger partial charge in [-0.3, -0.25) is 4.21 Å². The summed E-state index contributed by atoms with van der Waals surface area (Å²) >= 11 is 0. The Morgan fingerprint density at radius 2 is 1.96 bits per heavy atom. The van der Waals surface area contributed by atoms with Crippen molar-refractivity contribution in [1.29, 1.82) is 0 Å². The molecular formula is C17H27N3O3S. The number of benzene rings is 1. The zero-order valence-corrected chi connectivity index (χ0v) is 15.5. The van der Waals surface area contributed by atoms with Crippen LogP contribution in [0.25, 0.3) is 0 Å². The number of piperidine rings is 1. The van der Waals surface area contributed by atoms with Crippen LogP contribution in [0.3, 0.4) is 0 Å². The molecule has 1 fully saturated rings. The molecule has 0 radical (unpaired) electrons. The standard InChI is InChI=1S/C17H27N3O3S/c1-10-8-18-15(11(2)16(10)23-4)9-24(21)17-19-13-6-5-12(22-3)7-14(13)20-17/h5-7,10-11,15-20H,8-9H2,1-4H3. The number of ether oxygens (including phenoxy) is 2. The molecule has 6 nitrogen and oxygen atoms in total. The highest BCUT2D eigenvalue weighted by molar-refractivity contribution is 7.85. The van der Waals surface area contributed by atoms with E-state index >= 15 is 0 Å². The van der Waals surface area contributed by atoms with Crippen molar-refractivity contribution in [1.82, 2.24) is 5.32 Å². The quantitative estimate of drug-likeness (QED) is 0.750. The maximum Gasteiger partial charge on any atom is 0.175 e. The topological polar surface area (TPSA) is 71.6 Å². The van der Waals surface area contributed by atoms with Crippen molar-refractivity contribution in [2.75, 3.05) is 37.2 Å². The SMILES string of the molecule is COc1ccc2c(c1)NC(S(=O)CC1NCC(C)C(OC)C1C)N2. The van der Waals surface area contributed by atoms with Gasteiger partial charge in [0, 0.05) is 31.5 Å². The Labute approximate surface area is 146 Å². The monoisotopic (exact) mass is 353 g/mol. The molecule has 7 heteroatoms. The number of hydrogen-bond acceptors (Lipinski definition) is 6. The van der Waals surface area contributed by atoms with Crippen molar-refractivity contribution in [2.24, 2.45) is 11.8 Å². The van der Waals surface area contributed by atoms with Gasteiger partial charge in [0.15, 0.2) is 5.50 Å². The average molecular weight is 353 g/mol. The van der Waals surface area contributed by atoms with Crippen molar-refractivity contribution in [3.8, 4) is 5.75 Å². The molecular weight excluding hydrogens is 326 g/mol. The van der Waals surface area contributed by atoms with Crippen LogP contribution in [0.2, 0.25) is 0 Å². The zero-order chi connectivity index (χ0) is 17.3. The Bertz CT molecular complexity index is 613. The van der Waals surface area contributed by atoms with Gasteiger partial charge in [-0.05, 0) is 24.0 Å². The Kier molecular flexibility index (Phi) is 5.32. The maximum atomic E-state index is 12.8. The van der Waals surface area contributed by atoms with Crippen molar-refractivity contribution < 1.29 is 13.7 Å². The lowest BCUT2D eigenvalue weighted by Gasteiger charge is -2.40. The molecule has 2 aliphatic rings. The lowest BCUT2D eigenvalue weighted by Crippen LogP contribution is -2.55. The number of anilines is 2. The zero-order valence-electron chi connectivity index (χ0n) is 14.7. The summed E-state index contributed by atoms with van der Waals surface area (Å²) < 4.78 is 23.7. The van der Waals surface area contributed by atoms with E-state index in [0.717, 1.165) is 23.7 Å². The average Bonchev–Trinajstić information content (AvgIpc) is 3.01. The molecule has 1 aromatic rings. The Morgan fingerprint density at radius 1 is 1.21 bits per heavy atom. The summed E-state index contributed by atoms with van der Waals surface area (Å²) in [5.41, 5.74) is 1.62. The van der Waals surface area contributed by atoms with E-state index in [1.807, 2.05) is 18.2 Å². The fourth-order valence-corrected chi connectivity index (χ4v) is 5.15. The van der Waals surface area contributed by atoms with Gasteiger partial charge in [0.25, 0.3) is 0 Å². The van der Waals surface area contributed by atoms with Crippen molar-refractivity contribution in [2.45, 2.75) is 31.5 Å². The summed E-state index contributed by atoms with van der Waals surface area (Å²) in [4.78, 5) is 0. The summed E-state index contributed by atoms with van der Waals surface area (Å²) in [5, 5.41) is 10.1. The van der Waals surface area contributed by atoms with Crippen LogP contribution >= 0.6 is 0 Å². The van der Waals surface area contributed by atoms with Crippen LogP contribution < -0.4 is 20.7 Å². The molecule has 0 aromatic heterocycles. The van der Waals surface area contributed by atoms with Crippen LogP contribution in [-0.4, -0.2) is 48.4 Å². The molecule has 3 rings (SSSR count). The van der Waals surface area contributed by atoms with E-state index in [-0.39, 0.29) is 17.6 Å². The summed E-state index contributed by atoms with van der Waals surface area (Å²) in [5.74, 6) is 2.17. The molecule has 1 aromatic carbocycles. The van der Waals surface area contributed by atoms with E-state index in [0.29, 0.717) is 17.6 Å². The first-order valence-electron chi connectivity index (χ1n) is 8.38. The molecule has 0 saturated carbocycles. The number of methoxy groups -OCH3 is 2.